The fourth-order valence-corrected chi connectivity index (χ4v) is 3.07. The Morgan fingerprint density at radius 2 is 1.85 bits per heavy atom. The van der Waals surface area contributed by atoms with Gasteiger partial charge in [0.2, 0.25) is 5.95 Å². The van der Waals surface area contributed by atoms with Crippen LogP contribution in [0.4, 0.5) is 11.6 Å². The molecule has 0 bridgehead atoms. The van der Waals surface area contributed by atoms with Gasteiger partial charge in [-0.05, 0) is 38.0 Å². The van der Waals surface area contributed by atoms with Crippen molar-refractivity contribution in [1.82, 2.24) is 14.9 Å². The third kappa shape index (κ3) is 4.81. The van der Waals surface area contributed by atoms with Gasteiger partial charge in [0.1, 0.15) is 5.69 Å². The van der Waals surface area contributed by atoms with Crippen molar-refractivity contribution in [3.05, 3.63) is 47.8 Å². The fraction of sp³-hybridized carbons (Fsp3) is 0.400. The lowest BCUT2D eigenvalue weighted by Gasteiger charge is -2.19. The zero-order valence-electron chi connectivity index (χ0n) is 15.5. The summed E-state index contributed by atoms with van der Waals surface area (Å²) in [5.41, 5.74) is 1.28. The zero-order chi connectivity index (χ0) is 19.1. The molecule has 2 aromatic rings. The normalized spacial score (nSPS) is 14.3. The fourth-order valence-electron chi connectivity index (χ4n) is 3.07. The lowest BCUT2D eigenvalue weighted by Crippen LogP contribution is -2.32. The topological polar surface area (TPSA) is 84.4 Å². The minimum absolute atomic E-state index is 0.0824. The lowest BCUT2D eigenvalue weighted by atomic mass is 10.2. The number of benzene rings is 1. The molecule has 0 saturated carbocycles. The molecule has 1 saturated heterocycles. The van der Waals surface area contributed by atoms with Crippen LogP contribution in [0.1, 0.15) is 53.5 Å². The SMILES string of the molecule is CCOC(=O)c1ccccc1Nc1nccc(C(=O)N2CCCCCC2)n1. The number of hydrogen-bond donors (Lipinski definition) is 1. The number of ether oxygens (including phenoxy) is 1. The van der Waals surface area contributed by atoms with Crippen molar-refractivity contribution in [2.45, 2.75) is 32.6 Å². The van der Waals surface area contributed by atoms with Gasteiger partial charge < -0.3 is 15.0 Å². The van der Waals surface area contributed by atoms with Crippen LogP contribution in [-0.2, 0) is 4.74 Å². The highest BCUT2D eigenvalue weighted by atomic mass is 16.5. The minimum Gasteiger partial charge on any atom is -0.462 e. The number of para-hydroxylation sites is 1. The number of nitrogens with one attached hydrogen (secondary N) is 1. The third-order valence-corrected chi connectivity index (χ3v) is 4.44. The van der Waals surface area contributed by atoms with Crippen LogP contribution in [0.2, 0.25) is 0 Å². The summed E-state index contributed by atoms with van der Waals surface area (Å²) in [6.07, 6.45) is 5.91. The van der Waals surface area contributed by atoms with Crippen LogP contribution in [-0.4, -0.2) is 46.4 Å². The summed E-state index contributed by atoms with van der Waals surface area (Å²) in [4.78, 5) is 35.2. The van der Waals surface area contributed by atoms with Gasteiger partial charge in [-0.2, -0.15) is 0 Å². The van der Waals surface area contributed by atoms with Crippen molar-refractivity contribution in [3.63, 3.8) is 0 Å². The average molecular weight is 368 g/mol. The van der Waals surface area contributed by atoms with E-state index < -0.39 is 5.97 Å². The number of aromatic nitrogens is 2. The standard InChI is InChI=1S/C20H24N4O3/c1-2-27-19(26)15-9-5-6-10-16(15)22-20-21-12-11-17(23-20)18(25)24-13-7-3-4-8-14-24/h5-6,9-12H,2-4,7-8,13-14H2,1H3,(H,21,22,23). The average Bonchev–Trinajstić information content (AvgIpc) is 2.98. The summed E-state index contributed by atoms with van der Waals surface area (Å²) < 4.78 is 5.08. The van der Waals surface area contributed by atoms with Crippen LogP contribution < -0.4 is 5.32 Å². The highest BCUT2D eigenvalue weighted by Gasteiger charge is 2.19. The first-order valence-electron chi connectivity index (χ1n) is 9.34. The maximum Gasteiger partial charge on any atom is 0.340 e. The Balaban J connectivity index is 1.78. The number of carbonyl (C=O) groups is 2. The first kappa shape index (κ1) is 18.8. The van der Waals surface area contributed by atoms with Gasteiger partial charge in [0, 0.05) is 19.3 Å². The zero-order valence-corrected chi connectivity index (χ0v) is 15.5. The number of carbonyl (C=O) groups excluding carboxylic acids is 2. The van der Waals surface area contributed by atoms with E-state index in [1.807, 2.05) is 4.90 Å². The van der Waals surface area contributed by atoms with Crippen molar-refractivity contribution in [3.8, 4) is 0 Å². The van der Waals surface area contributed by atoms with E-state index >= 15 is 0 Å². The van der Waals surface area contributed by atoms with Crippen molar-refractivity contribution in [2.75, 3.05) is 25.0 Å². The molecule has 0 radical (unpaired) electrons. The second kappa shape index (κ2) is 9.12. The monoisotopic (exact) mass is 368 g/mol. The van der Waals surface area contributed by atoms with E-state index in [0.717, 1.165) is 38.8 Å². The van der Waals surface area contributed by atoms with Gasteiger partial charge in [0.05, 0.1) is 17.9 Å². The molecule has 1 aliphatic heterocycles. The number of hydrogen-bond acceptors (Lipinski definition) is 6. The highest BCUT2D eigenvalue weighted by molar-refractivity contribution is 5.96. The molecule has 1 amide bonds. The molecule has 0 atom stereocenters. The van der Waals surface area contributed by atoms with E-state index in [0.29, 0.717) is 23.6 Å². The number of rotatable bonds is 5. The summed E-state index contributed by atoms with van der Waals surface area (Å²) in [5.74, 6) is -0.231. The number of esters is 1. The highest BCUT2D eigenvalue weighted by Crippen LogP contribution is 2.20. The molecule has 1 aromatic heterocycles. The van der Waals surface area contributed by atoms with Crippen LogP contribution in [0.25, 0.3) is 0 Å². The van der Waals surface area contributed by atoms with Crippen molar-refractivity contribution < 1.29 is 14.3 Å². The lowest BCUT2D eigenvalue weighted by molar-refractivity contribution is 0.0527. The Hall–Kier alpha value is -2.96. The molecular weight excluding hydrogens is 344 g/mol. The van der Waals surface area contributed by atoms with Crippen LogP contribution in [0.5, 0.6) is 0 Å². The Morgan fingerprint density at radius 1 is 1.11 bits per heavy atom. The van der Waals surface area contributed by atoms with E-state index in [4.69, 9.17) is 4.74 Å². The van der Waals surface area contributed by atoms with Gasteiger partial charge in [0.25, 0.3) is 5.91 Å². The summed E-state index contributed by atoms with van der Waals surface area (Å²) in [7, 11) is 0. The first-order valence-corrected chi connectivity index (χ1v) is 9.34. The second-order valence-electron chi connectivity index (χ2n) is 6.36. The number of likely N-dealkylation sites (tertiary alicyclic amines) is 1. The quantitative estimate of drug-likeness (QED) is 0.814. The van der Waals surface area contributed by atoms with Gasteiger partial charge in [-0.1, -0.05) is 25.0 Å². The second-order valence-corrected chi connectivity index (χ2v) is 6.36. The molecule has 0 unspecified atom stereocenters. The molecule has 0 aliphatic carbocycles. The molecule has 1 aliphatic rings. The van der Waals surface area contributed by atoms with Crippen molar-refractivity contribution in [1.29, 1.82) is 0 Å². The largest absolute Gasteiger partial charge is 0.462 e. The summed E-state index contributed by atoms with van der Waals surface area (Å²) in [6, 6.07) is 8.61. The summed E-state index contributed by atoms with van der Waals surface area (Å²) in [6.45, 7) is 3.58. The molecule has 1 aromatic carbocycles. The van der Waals surface area contributed by atoms with Crippen LogP contribution in [0.15, 0.2) is 36.5 Å². The predicted molar refractivity (Wildman–Crippen MR) is 102 cm³/mol. The molecule has 2 heterocycles. The number of anilines is 2. The van der Waals surface area contributed by atoms with E-state index in [-0.39, 0.29) is 11.9 Å². The molecule has 27 heavy (non-hydrogen) atoms. The van der Waals surface area contributed by atoms with Crippen LogP contribution >= 0.6 is 0 Å². The Kier molecular flexibility index (Phi) is 6.35. The van der Waals surface area contributed by atoms with Crippen molar-refractivity contribution in [2.24, 2.45) is 0 Å². The maximum absolute atomic E-state index is 12.8. The molecular formula is C20H24N4O3. The molecule has 7 nitrogen and oxygen atoms in total. The molecule has 0 spiro atoms. The summed E-state index contributed by atoms with van der Waals surface area (Å²) in [5, 5.41) is 3.03. The van der Waals surface area contributed by atoms with Crippen LogP contribution in [0, 0.1) is 0 Å². The molecule has 1 N–H and O–H groups in total. The number of amides is 1. The number of nitrogens with zero attached hydrogens (tertiary/aromatic N) is 3. The minimum atomic E-state index is -0.419. The van der Waals surface area contributed by atoms with Crippen LogP contribution in [0.3, 0.4) is 0 Å². The van der Waals surface area contributed by atoms with E-state index in [2.05, 4.69) is 15.3 Å². The maximum atomic E-state index is 12.8. The molecule has 142 valence electrons. The molecule has 7 heteroatoms. The smallest absolute Gasteiger partial charge is 0.340 e. The van der Waals surface area contributed by atoms with Gasteiger partial charge in [-0.25, -0.2) is 14.8 Å². The summed E-state index contributed by atoms with van der Waals surface area (Å²) >= 11 is 0. The molecule has 1 fully saturated rings. The van der Waals surface area contributed by atoms with Gasteiger partial charge >= 0.3 is 5.97 Å². The Bertz CT molecular complexity index is 801. The predicted octanol–water partition coefficient (Wildman–Crippen LogP) is 3.41. The third-order valence-electron chi connectivity index (χ3n) is 4.44. The Labute approximate surface area is 158 Å². The van der Waals surface area contributed by atoms with E-state index in [9.17, 15) is 9.59 Å². The van der Waals surface area contributed by atoms with E-state index in [1.165, 1.54) is 0 Å². The van der Waals surface area contributed by atoms with Gasteiger partial charge in [0.15, 0.2) is 0 Å². The first-order chi connectivity index (χ1) is 13.2. The van der Waals surface area contributed by atoms with E-state index in [1.54, 1.807) is 43.5 Å². The Morgan fingerprint density at radius 3 is 2.59 bits per heavy atom. The van der Waals surface area contributed by atoms with Gasteiger partial charge in [-0.3, -0.25) is 4.79 Å². The molecule has 3 rings (SSSR count). The van der Waals surface area contributed by atoms with Gasteiger partial charge in [-0.15, -0.1) is 0 Å². The van der Waals surface area contributed by atoms with Crippen molar-refractivity contribution >= 4 is 23.5 Å².